The molecular weight excluding hydrogens is 504 g/mol. The van der Waals surface area contributed by atoms with E-state index in [0.717, 1.165) is 23.1 Å². The van der Waals surface area contributed by atoms with Gasteiger partial charge in [-0.05, 0) is 58.5 Å². The Balaban J connectivity index is 1.63. The summed E-state index contributed by atoms with van der Waals surface area (Å²) in [7, 11) is -2.29. The van der Waals surface area contributed by atoms with Crippen molar-refractivity contribution in [3.8, 4) is 0 Å². The third-order valence-electron chi connectivity index (χ3n) is 6.83. The predicted octanol–water partition coefficient (Wildman–Crippen LogP) is 5.25. The highest BCUT2D eigenvalue weighted by atomic mass is 32.2. The van der Waals surface area contributed by atoms with Crippen LogP contribution in [-0.4, -0.2) is 56.9 Å². The van der Waals surface area contributed by atoms with Crippen molar-refractivity contribution in [1.82, 2.24) is 9.21 Å². The fourth-order valence-electron chi connectivity index (χ4n) is 4.77. The molecule has 4 rings (SSSR count). The smallest absolute Gasteiger partial charge is 0.243 e. The first-order valence-electron chi connectivity index (χ1n) is 12.6. The lowest BCUT2D eigenvalue weighted by atomic mass is 9.87. The van der Waals surface area contributed by atoms with Gasteiger partial charge >= 0.3 is 0 Å². The molecule has 0 aliphatic carbocycles. The predicted molar refractivity (Wildman–Crippen MR) is 148 cm³/mol. The van der Waals surface area contributed by atoms with Crippen molar-refractivity contribution >= 4 is 27.3 Å². The molecule has 37 heavy (non-hydrogen) atoms. The first-order chi connectivity index (χ1) is 17.6. The highest BCUT2D eigenvalue weighted by molar-refractivity contribution is 7.89. The lowest BCUT2D eigenvalue weighted by Crippen LogP contribution is -2.47. The summed E-state index contributed by atoms with van der Waals surface area (Å²) in [6, 6.07) is 18.8. The summed E-state index contributed by atoms with van der Waals surface area (Å²) in [5.74, 6) is -0.196. The van der Waals surface area contributed by atoms with E-state index in [4.69, 9.17) is 4.74 Å². The molecule has 1 atom stereocenters. The molecule has 3 aromatic rings. The quantitative estimate of drug-likeness (QED) is 0.348. The average Bonchev–Trinajstić information content (AvgIpc) is 3.36. The van der Waals surface area contributed by atoms with Gasteiger partial charge in [0.05, 0.1) is 17.5 Å². The number of benzene rings is 2. The number of carbonyl (C=O) groups excluding carboxylic acids is 1. The summed E-state index contributed by atoms with van der Waals surface area (Å²) >= 11 is 1.71. The van der Waals surface area contributed by atoms with E-state index in [9.17, 15) is 13.2 Å². The molecule has 6 nitrogen and oxygen atoms in total. The van der Waals surface area contributed by atoms with Crippen molar-refractivity contribution in [3.05, 3.63) is 87.6 Å². The van der Waals surface area contributed by atoms with Gasteiger partial charge in [0.15, 0.2) is 0 Å². The molecule has 0 spiro atoms. The van der Waals surface area contributed by atoms with Crippen LogP contribution in [0.2, 0.25) is 0 Å². The Morgan fingerprint density at radius 2 is 1.78 bits per heavy atom. The summed E-state index contributed by atoms with van der Waals surface area (Å²) in [5, 5.41) is 2.07. The Morgan fingerprint density at radius 3 is 2.43 bits per heavy atom. The number of amides is 1. The first-order valence-corrected chi connectivity index (χ1v) is 14.9. The summed E-state index contributed by atoms with van der Waals surface area (Å²) in [5.41, 5.74) is 3.13. The molecule has 1 aliphatic heterocycles. The van der Waals surface area contributed by atoms with Crippen LogP contribution in [-0.2, 0) is 31.4 Å². The summed E-state index contributed by atoms with van der Waals surface area (Å²) < 4.78 is 33.9. The maximum atomic E-state index is 13.8. The molecule has 0 bridgehead atoms. The van der Waals surface area contributed by atoms with Crippen molar-refractivity contribution in [2.45, 2.75) is 50.0 Å². The highest BCUT2D eigenvalue weighted by Gasteiger charge is 2.35. The zero-order valence-corrected chi connectivity index (χ0v) is 23.6. The molecule has 1 amide bonds. The van der Waals surface area contributed by atoms with Crippen molar-refractivity contribution in [2.75, 3.05) is 33.4 Å². The van der Waals surface area contributed by atoms with Gasteiger partial charge in [-0.2, -0.15) is 4.31 Å². The number of methoxy groups -OCH3 is 1. The van der Waals surface area contributed by atoms with E-state index in [2.05, 4.69) is 32.2 Å². The minimum atomic E-state index is -3.88. The monoisotopic (exact) mass is 540 g/mol. The number of sulfonamides is 1. The van der Waals surface area contributed by atoms with Gasteiger partial charge in [-0.1, -0.05) is 63.2 Å². The molecule has 2 heterocycles. The van der Waals surface area contributed by atoms with Gasteiger partial charge in [0.2, 0.25) is 15.9 Å². The number of rotatable bonds is 9. The maximum absolute atomic E-state index is 13.8. The van der Waals surface area contributed by atoms with Gasteiger partial charge in [-0.3, -0.25) is 4.79 Å². The lowest BCUT2D eigenvalue weighted by molar-refractivity contribution is -0.133. The molecule has 1 unspecified atom stereocenters. The minimum absolute atomic E-state index is 0.0857. The molecule has 1 aliphatic rings. The summed E-state index contributed by atoms with van der Waals surface area (Å²) in [4.78, 5) is 17.1. The second-order valence-electron chi connectivity index (χ2n) is 10.4. The molecule has 0 N–H and O–H groups in total. The highest BCUT2D eigenvalue weighted by Crippen LogP contribution is 2.38. The van der Waals surface area contributed by atoms with Gasteiger partial charge in [-0.25, -0.2) is 8.42 Å². The van der Waals surface area contributed by atoms with Crippen molar-refractivity contribution in [2.24, 2.45) is 0 Å². The second-order valence-corrected chi connectivity index (χ2v) is 13.3. The number of ether oxygens (including phenoxy) is 1. The van der Waals surface area contributed by atoms with Crippen LogP contribution in [0.25, 0.3) is 0 Å². The van der Waals surface area contributed by atoms with E-state index >= 15 is 0 Å². The molecular formula is C29H36N2O4S2. The fourth-order valence-corrected chi connectivity index (χ4v) is 7.10. The molecule has 0 fully saturated rings. The van der Waals surface area contributed by atoms with Crippen LogP contribution in [0.4, 0.5) is 0 Å². The third kappa shape index (κ3) is 6.14. The topological polar surface area (TPSA) is 66.9 Å². The molecule has 1 aromatic heterocycles. The molecule has 0 saturated carbocycles. The summed E-state index contributed by atoms with van der Waals surface area (Å²) in [6.07, 6.45) is 1.27. The van der Waals surface area contributed by atoms with E-state index in [0.29, 0.717) is 19.6 Å². The van der Waals surface area contributed by atoms with Crippen LogP contribution in [0.3, 0.4) is 0 Å². The zero-order valence-electron chi connectivity index (χ0n) is 22.0. The van der Waals surface area contributed by atoms with Gasteiger partial charge in [0.25, 0.3) is 0 Å². The number of carbonyl (C=O) groups is 1. The number of fused-ring (bicyclic) bond motifs is 1. The molecule has 8 heteroatoms. The van der Waals surface area contributed by atoms with E-state index < -0.39 is 10.0 Å². The van der Waals surface area contributed by atoms with Crippen LogP contribution >= 0.6 is 11.3 Å². The largest absolute Gasteiger partial charge is 0.385 e. The van der Waals surface area contributed by atoms with Crippen molar-refractivity contribution in [1.29, 1.82) is 0 Å². The first kappa shape index (κ1) is 27.5. The van der Waals surface area contributed by atoms with Crippen LogP contribution in [0.15, 0.2) is 70.9 Å². The number of hydrogen-bond acceptors (Lipinski definition) is 5. The lowest BCUT2D eigenvalue weighted by Gasteiger charge is -2.37. The van der Waals surface area contributed by atoms with Gasteiger partial charge in [0.1, 0.15) is 0 Å². The fraction of sp³-hybridized carbons (Fsp3) is 0.414. The number of hydrogen-bond donors (Lipinski definition) is 0. The molecule has 198 valence electrons. The molecule has 0 saturated heterocycles. The third-order valence-corrected chi connectivity index (χ3v) is 9.68. The SMILES string of the molecule is COCCCN(CC(=O)N1CCc2sccc2C1c1ccccc1)S(=O)(=O)c1ccc(C(C)(C)C)cc1. The van der Waals surface area contributed by atoms with Crippen LogP contribution < -0.4 is 0 Å². The average molecular weight is 541 g/mol. The van der Waals surface area contributed by atoms with Crippen LogP contribution in [0.5, 0.6) is 0 Å². The van der Waals surface area contributed by atoms with Gasteiger partial charge < -0.3 is 9.64 Å². The minimum Gasteiger partial charge on any atom is -0.385 e. The number of nitrogens with zero attached hydrogens (tertiary/aromatic N) is 2. The van der Waals surface area contributed by atoms with Crippen molar-refractivity contribution in [3.63, 3.8) is 0 Å². The molecule has 2 aromatic carbocycles. The van der Waals surface area contributed by atoms with E-state index in [1.165, 1.54) is 9.18 Å². The Bertz CT molecular complexity index is 1300. The zero-order chi connectivity index (χ0) is 26.6. The van der Waals surface area contributed by atoms with Crippen LogP contribution in [0.1, 0.15) is 54.8 Å². The normalized spacial score (nSPS) is 16.1. The standard InChI is InChI=1S/C29H36N2O4S2/c1-29(2,3)23-11-13-24(14-12-23)37(33,34)30(17-8-19-35-4)21-27(32)31-18-15-26-25(16-20-36-26)28(31)22-9-6-5-7-10-22/h5-7,9-14,16,20,28H,8,15,17-19,21H2,1-4H3. The Kier molecular flexibility index (Phi) is 8.53. The Hall–Kier alpha value is -2.52. The summed E-state index contributed by atoms with van der Waals surface area (Å²) in [6.45, 7) is 7.23. The Labute approximate surface area is 224 Å². The number of thiophene rings is 1. The van der Waals surface area contributed by atoms with Crippen molar-refractivity contribution < 1.29 is 17.9 Å². The molecule has 0 radical (unpaired) electrons. The van der Waals surface area contributed by atoms with Gasteiger partial charge in [0, 0.05) is 31.7 Å². The Morgan fingerprint density at radius 1 is 1.08 bits per heavy atom. The second kappa shape index (κ2) is 11.5. The van der Waals surface area contributed by atoms with E-state index in [-0.39, 0.29) is 35.3 Å². The van der Waals surface area contributed by atoms with Crippen LogP contribution in [0, 0.1) is 0 Å². The van der Waals surface area contributed by atoms with E-state index in [1.807, 2.05) is 47.4 Å². The van der Waals surface area contributed by atoms with Gasteiger partial charge in [-0.15, -0.1) is 11.3 Å². The van der Waals surface area contributed by atoms with E-state index in [1.54, 1.807) is 30.6 Å². The maximum Gasteiger partial charge on any atom is 0.243 e.